The molecule has 0 spiro atoms. The van der Waals surface area contributed by atoms with Crippen LogP contribution in [-0.2, 0) is 50.7 Å². The molecule has 390 valence electrons. The average Bonchev–Trinajstić information content (AvgIpc) is 3.82. The minimum atomic E-state index is -5.57. The summed E-state index contributed by atoms with van der Waals surface area (Å²) in [7, 11) is -16.4. The molecule has 2 amide bonds. The molecule has 3 rings (SSSR count). The van der Waals surface area contributed by atoms with Crippen LogP contribution < -0.4 is 16.4 Å². The highest BCUT2D eigenvalue weighted by Crippen LogP contribution is 2.61. The van der Waals surface area contributed by atoms with E-state index in [0.717, 1.165) is 31.0 Å². The average molecular weight is 1050 g/mol. The van der Waals surface area contributed by atoms with Crippen LogP contribution in [0.5, 0.6) is 0 Å². The highest BCUT2D eigenvalue weighted by atomic mass is 32.2. The number of amides is 2. The molecule has 11 N–H and O–H groups in total. The Balaban J connectivity index is 1.31. The topological polar surface area (TPSA) is 371 Å². The zero-order chi connectivity index (χ0) is 50.5. The molecular weight excluding hydrogens is 977 g/mol. The number of hydrogen-bond donors (Lipinski definition) is 10. The number of anilines is 1. The Morgan fingerprint density at radius 3 is 2.12 bits per heavy atom. The minimum Gasteiger partial charge on any atom is -0.393 e. The SMILES string of the molecule is CCCCCCCCCCCCCCCC(O)CC(=O)SCCNC(=O)CCNC(=O)C(O)C(C)(C)COP(=O)(O)OP(=O)(O)OCC1OC(n2cnc3c(N)nccc32)C(O)C1OP(=O)(O)O. The first kappa shape index (κ1) is 59.9. The molecule has 68 heavy (non-hydrogen) atoms. The van der Waals surface area contributed by atoms with E-state index in [4.69, 9.17) is 19.5 Å². The maximum atomic E-state index is 12.8. The number of phosphoric acid groups is 3. The second-order valence-electron chi connectivity index (χ2n) is 17.3. The summed E-state index contributed by atoms with van der Waals surface area (Å²) in [5.74, 6) is -1.14. The van der Waals surface area contributed by atoms with Gasteiger partial charge in [-0.05, 0) is 12.5 Å². The van der Waals surface area contributed by atoms with Gasteiger partial charge in [-0.2, -0.15) is 4.31 Å². The van der Waals surface area contributed by atoms with Crippen molar-refractivity contribution in [2.24, 2.45) is 5.41 Å². The van der Waals surface area contributed by atoms with Gasteiger partial charge in [-0.3, -0.25) is 28.0 Å². The number of nitrogen functional groups attached to an aromatic ring is 1. The van der Waals surface area contributed by atoms with Gasteiger partial charge >= 0.3 is 23.5 Å². The van der Waals surface area contributed by atoms with Gasteiger partial charge in [0.05, 0.1) is 31.2 Å². The standard InChI is InChI=1S/C40H71N6O18P3S/c1-4-5-6-7-8-9-10-11-12-13-14-15-16-17-28(47)24-32(49)68-23-22-42-31(48)19-21-44-38(52)36(51)40(2,3)26-61-67(58,59)64-66(56,57)60-25-30-35(63-65(53,54)55)34(50)39(62-30)46-27-45-33-29(46)18-20-43-37(33)41/h18,20,27-28,30,34-36,39,47,50-51H,4-17,19,21-26H2,1-3H3,(H2,41,43)(H,42,48)(H,44,52)(H,56,57)(H,58,59)(H2,53,54,55). The predicted molar refractivity (Wildman–Crippen MR) is 250 cm³/mol. The van der Waals surface area contributed by atoms with Crippen LogP contribution in [0.1, 0.15) is 130 Å². The van der Waals surface area contributed by atoms with Crippen LogP contribution in [0.3, 0.4) is 0 Å². The molecule has 28 heteroatoms. The number of pyridine rings is 1. The molecule has 8 unspecified atom stereocenters. The number of hydrogen-bond acceptors (Lipinski definition) is 18. The van der Waals surface area contributed by atoms with E-state index >= 15 is 0 Å². The molecule has 1 aliphatic rings. The second-order valence-corrected chi connectivity index (χ2v) is 22.7. The van der Waals surface area contributed by atoms with Crippen molar-refractivity contribution in [3.63, 3.8) is 0 Å². The number of imidazole rings is 1. The van der Waals surface area contributed by atoms with Crippen molar-refractivity contribution in [3.05, 3.63) is 18.6 Å². The predicted octanol–water partition coefficient (Wildman–Crippen LogP) is 4.50. The van der Waals surface area contributed by atoms with Gasteiger partial charge < -0.3 is 60.6 Å². The number of ether oxygens (including phenoxy) is 1. The van der Waals surface area contributed by atoms with Crippen molar-refractivity contribution in [1.82, 2.24) is 25.2 Å². The molecule has 0 saturated carbocycles. The third-order valence-electron chi connectivity index (χ3n) is 10.9. The molecule has 1 aliphatic heterocycles. The van der Waals surface area contributed by atoms with Crippen molar-refractivity contribution >= 4 is 69.0 Å². The maximum absolute atomic E-state index is 12.8. The number of carbonyl (C=O) groups excluding carboxylic acids is 3. The third kappa shape index (κ3) is 21.9. The number of nitrogens with one attached hydrogen (secondary N) is 2. The van der Waals surface area contributed by atoms with Gasteiger partial charge in [-0.1, -0.05) is 116 Å². The summed E-state index contributed by atoms with van der Waals surface area (Å²) in [5, 5.41) is 36.7. The van der Waals surface area contributed by atoms with E-state index in [1.54, 1.807) is 0 Å². The lowest BCUT2D eigenvalue weighted by Gasteiger charge is -2.30. The molecule has 1 saturated heterocycles. The molecule has 3 heterocycles. The van der Waals surface area contributed by atoms with Crippen LogP contribution in [0.15, 0.2) is 18.6 Å². The largest absolute Gasteiger partial charge is 0.481 e. The number of phosphoric ester groups is 3. The van der Waals surface area contributed by atoms with Gasteiger partial charge in [0.1, 0.15) is 29.9 Å². The normalized spacial score (nSPS) is 20.4. The molecular formula is C40H71N6O18P3S. The lowest BCUT2D eigenvalue weighted by atomic mass is 9.87. The molecule has 8 atom stereocenters. The molecule has 0 aliphatic carbocycles. The van der Waals surface area contributed by atoms with E-state index in [9.17, 15) is 63.0 Å². The Labute approximate surface area is 400 Å². The van der Waals surface area contributed by atoms with Crippen molar-refractivity contribution in [2.45, 2.75) is 160 Å². The number of aromatic nitrogens is 3. The number of aliphatic hydroxyl groups excluding tert-OH is 3. The van der Waals surface area contributed by atoms with E-state index in [1.165, 1.54) is 101 Å². The minimum absolute atomic E-state index is 0.0184. The fourth-order valence-electron chi connectivity index (χ4n) is 7.17. The fourth-order valence-corrected chi connectivity index (χ4v) is 10.7. The highest BCUT2D eigenvalue weighted by Gasteiger charge is 2.50. The van der Waals surface area contributed by atoms with Gasteiger partial charge in [-0.15, -0.1) is 0 Å². The number of nitrogens with two attached hydrogens (primary N) is 1. The van der Waals surface area contributed by atoms with Crippen LogP contribution in [-0.4, -0.2) is 129 Å². The maximum Gasteiger partial charge on any atom is 0.481 e. The van der Waals surface area contributed by atoms with Crippen LogP contribution in [0.2, 0.25) is 0 Å². The Kier molecular flexibility index (Phi) is 25.7. The molecule has 0 aromatic carbocycles. The van der Waals surface area contributed by atoms with Crippen LogP contribution in [0, 0.1) is 5.41 Å². The molecule has 0 bridgehead atoms. The van der Waals surface area contributed by atoms with E-state index in [-0.39, 0.29) is 53.7 Å². The fraction of sp³-hybridized carbons (Fsp3) is 0.775. The summed E-state index contributed by atoms with van der Waals surface area (Å²) >= 11 is 1.00. The summed E-state index contributed by atoms with van der Waals surface area (Å²) in [4.78, 5) is 84.7. The number of rotatable bonds is 35. The van der Waals surface area contributed by atoms with E-state index in [2.05, 4.69) is 36.4 Å². The van der Waals surface area contributed by atoms with Crippen LogP contribution in [0.25, 0.3) is 11.0 Å². The van der Waals surface area contributed by atoms with Gasteiger partial charge in [0.15, 0.2) is 17.2 Å². The molecule has 1 fully saturated rings. The smallest absolute Gasteiger partial charge is 0.393 e. The van der Waals surface area contributed by atoms with Crippen LogP contribution >= 0.6 is 35.2 Å². The number of unbranched alkanes of at least 4 members (excludes halogenated alkanes) is 12. The van der Waals surface area contributed by atoms with Gasteiger partial charge in [0.25, 0.3) is 0 Å². The van der Waals surface area contributed by atoms with Crippen molar-refractivity contribution in [2.75, 3.05) is 37.8 Å². The quantitative estimate of drug-likeness (QED) is 0.0335. The Hall–Kier alpha value is -2.41. The highest BCUT2D eigenvalue weighted by molar-refractivity contribution is 8.13. The first-order valence-corrected chi connectivity index (χ1v) is 28.3. The molecule has 2 aromatic rings. The molecule has 24 nitrogen and oxygen atoms in total. The number of thioether (sulfide) groups is 1. The lowest BCUT2D eigenvalue weighted by Crippen LogP contribution is -2.46. The first-order chi connectivity index (χ1) is 31.9. The van der Waals surface area contributed by atoms with Gasteiger partial charge in [-0.25, -0.2) is 23.7 Å². The Morgan fingerprint density at radius 1 is 0.897 bits per heavy atom. The summed E-state index contributed by atoms with van der Waals surface area (Å²) in [6.45, 7) is 2.67. The summed E-state index contributed by atoms with van der Waals surface area (Å²) < 4.78 is 62.6. The van der Waals surface area contributed by atoms with Crippen molar-refractivity contribution < 1.29 is 85.6 Å². The third-order valence-corrected chi connectivity index (χ3v) is 14.9. The van der Waals surface area contributed by atoms with Gasteiger partial charge in [0, 0.05) is 43.3 Å². The Bertz CT molecular complexity index is 2030. The number of fused-ring (bicyclic) bond motifs is 1. The number of nitrogens with zero attached hydrogens (tertiary/aromatic N) is 3. The Morgan fingerprint density at radius 2 is 1.50 bits per heavy atom. The monoisotopic (exact) mass is 1050 g/mol. The van der Waals surface area contributed by atoms with Crippen molar-refractivity contribution in [1.29, 1.82) is 0 Å². The zero-order valence-corrected chi connectivity index (χ0v) is 42.3. The second kappa shape index (κ2) is 29.2. The van der Waals surface area contributed by atoms with Gasteiger partial charge in [0.2, 0.25) is 11.8 Å². The van der Waals surface area contributed by atoms with E-state index < -0.39 is 90.7 Å². The molecule has 2 aromatic heterocycles. The summed E-state index contributed by atoms with van der Waals surface area (Å²) in [6, 6.07) is 1.45. The lowest BCUT2D eigenvalue weighted by molar-refractivity contribution is -0.137. The summed E-state index contributed by atoms with van der Waals surface area (Å²) in [5.41, 5.74) is 4.66. The van der Waals surface area contributed by atoms with E-state index in [1.807, 2.05) is 0 Å². The molecule has 0 radical (unpaired) electrons. The van der Waals surface area contributed by atoms with Crippen molar-refractivity contribution in [3.8, 4) is 0 Å². The number of aliphatic hydroxyl groups is 3. The zero-order valence-electron chi connectivity index (χ0n) is 38.8. The van der Waals surface area contributed by atoms with Crippen LogP contribution in [0.4, 0.5) is 5.82 Å². The first-order valence-electron chi connectivity index (χ1n) is 22.8. The number of carbonyl (C=O) groups is 3. The van der Waals surface area contributed by atoms with E-state index in [0.29, 0.717) is 6.42 Å². The summed E-state index contributed by atoms with van der Waals surface area (Å²) in [6.07, 6.45) is 9.30.